The first-order valence-corrected chi connectivity index (χ1v) is 7.79. The zero-order valence-electron chi connectivity index (χ0n) is 9.86. The maximum Gasteiger partial charge on any atom is 0.124 e. The average Bonchev–Trinajstić information content (AvgIpc) is 2.30. The van der Waals surface area contributed by atoms with Gasteiger partial charge in [-0.25, -0.2) is 0 Å². The van der Waals surface area contributed by atoms with Crippen molar-refractivity contribution in [3.8, 4) is 5.75 Å². The van der Waals surface area contributed by atoms with Crippen LogP contribution in [-0.4, -0.2) is 18.1 Å². The molecule has 1 aromatic carbocycles. The quantitative estimate of drug-likeness (QED) is 0.748. The minimum atomic E-state index is 0.221. The van der Waals surface area contributed by atoms with E-state index in [2.05, 4.69) is 38.1 Å². The van der Waals surface area contributed by atoms with E-state index in [9.17, 15) is 0 Å². The molecule has 0 fully saturated rings. The summed E-state index contributed by atoms with van der Waals surface area (Å²) in [6.07, 6.45) is 1.11. The third kappa shape index (κ3) is 2.21. The van der Waals surface area contributed by atoms with Gasteiger partial charge in [0.05, 0.1) is 10.7 Å². The molecule has 88 valence electrons. The summed E-state index contributed by atoms with van der Waals surface area (Å²) in [5.74, 6) is 3.39. The second-order valence-electron chi connectivity index (χ2n) is 3.71. The molecule has 0 atom stereocenters. The van der Waals surface area contributed by atoms with Crippen LogP contribution in [0.1, 0.15) is 25.8 Å². The summed E-state index contributed by atoms with van der Waals surface area (Å²) in [7, 11) is 0. The van der Waals surface area contributed by atoms with Crippen LogP contribution in [0.2, 0.25) is 0 Å². The second kappa shape index (κ2) is 5.37. The van der Waals surface area contributed by atoms with Gasteiger partial charge in [-0.3, -0.25) is 0 Å². The normalized spacial score (nSPS) is 17.6. The first kappa shape index (κ1) is 12.2. The number of rotatable bonds is 4. The van der Waals surface area contributed by atoms with Crippen LogP contribution in [-0.2, 0) is 4.08 Å². The third-order valence-electron chi connectivity index (χ3n) is 2.74. The number of benzene rings is 1. The Labute approximate surface area is 106 Å². The summed E-state index contributed by atoms with van der Waals surface area (Å²) >= 11 is 4.10. The lowest BCUT2D eigenvalue weighted by Gasteiger charge is -2.37. The monoisotopic (exact) mass is 254 g/mol. The highest BCUT2D eigenvalue weighted by Gasteiger charge is 2.37. The summed E-state index contributed by atoms with van der Waals surface area (Å²) in [5.41, 5.74) is 1.37. The molecule has 0 unspecified atom stereocenters. The van der Waals surface area contributed by atoms with Crippen LogP contribution in [0, 0.1) is 0 Å². The minimum absolute atomic E-state index is 0.221. The first-order valence-electron chi connectivity index (χ1n) is 5.82. The van der Waals surface area contributed by atoms with Gasteiger partial charge in [-0.2, -0.15) is 0 Å². The van der Waals surface area contributed by atoms with E-state index < -0.39 is 0 Å². The van der Waals surface area contributed by atoms with Gasteiger partial charge in [0, 0.05) is 12.0 Å². The van der Waals surface area contributed by atoms with E-state index in [-0.39, 0.29) is 4.08 Å². The number of thioether (sulfide) groups is 2. The van der Waals surface area contributed by atoms with Gasteiger partial charge in [0.15, 0.2) is 0 Å². The Hall–Kier alpha value is -0.280. The Morgan fingerprint density at radius 2 is 1.88 bits per heavy atom. The number of para-hydroxylation sites is 1. The van der Waals surface area contributed by atoms with Crippen molar-refractivity contribution >= 4 is 23.5 Å². The number of hydrogen-bond donors (Lipinski definition) is 0. The molecule has 1 aliphatic rings. The molecule has 16 heavy (non-hydrogen) atoms. The average molecular weight is 254 g/mol. The zero-order chi connectivity index (χ0) is 11.4. The largest absolute Gasteiger partial charge is 0.493 e. The summed E-state index contributed by atoms with van der Waals surface area (Å²) < 4.78 is 5.97. The van der Waals surface area contributed by atoms with Crippen molar-refractivity contribution < 1.29 is 4.74 Å². The molecule has 0 aromatic heterocycles. The van der Waals surface area contributed by atoms with Crippen molar-refractivity contribution in [3.63, 3.8) is 0 Å². The molecule has 0 saturated carbocycles. The number of ether oxygens (including phenoxy) is 1. The fourth-order valence-electron chi connectivity index (χ4n) is 2.15. The van der Waals surface area contributed by atoms with Crippen molar-refractivity contribution in [1.29, 1.82) is 0 Å². The van der Waals surface area contributed by atoms with Crippen LogP contribution in [0.5, 0.6) is 5.75 Å². The van der Waals surface area contributed by atoms with Crippen molar-refractivity contribution in [1.82, 2.24) is 0 Å². The summed E-state index contributed by atoms with van der Waals surface area (Å²) in [6.45, 7) is 5.32. The number of fused-ring (bicyclic) bond motifs is 1. The van der Waals surface area contributed by atoms with Crippen LogP contribution in [0.4, 0.5) is 0 Å². The van der Waals surface area contributed by atoms with Gasteiger partial charge in [-0.15, -0.1) is 23.5 Å². The molecular weight excluding hydrogens is 236 g/mol. The Morgan fingerprint density at radius 3 is 2.56 bits per heavy atom. The highest BCUT2D eigenvalue weighted by molar-refractivity contribution is 8.17. The van der Waals surface area contributed by atoms with E-state index in [0.717, 1.165) is 30.3 Å². The van der Waals surface area contributed by atoms with E-state index in [1.54, 1.807) is 0 Å². The van der Waals surface area contributed by atoms with Gasteiger partial charge < -0.3 is 4.74 Å². The lowest BCUT2D eigenvalue weighted by molar-refractivity contribution is 0.280. The molecule has 0 saturated heterocycles. The molecule has 0 N–H and O–H groups in total. The van der Waals surface area contributed by atoms with Crippen LogP contribution in [0.15, 0.2) is 24.3 Å². The molecule has 1 nitrogen and oxygen atoms in total. The van der Waals surface area contributed by atoms with Gasteiger partial charge >= 0.3 is 0 Å². The van der Waals surface area contributed by atoms with E-state index in [1.807, 2.05) is 23.5 Å². The van der Waals surface area contributed by atoms with Crippen LogP contribution < -0.4 is 4.74 Å². The summed E-state index contributed by atoms with van der Waals surface area (Å²) in [4.78, 5) is 0. The van der Waals surface area contributed by atoms with Crippen molar-refractivity contribution in [2.24, 2.45) is 0 Å². The lowest BCUT2D eigenvalue weighted by Crippen LogP contribution is -2.27. The molecule has 1 heterocycles. The van der Waals surface area contributed by atoms with Crippen molar-refractivity contribution in [2.75, 3.05) is 18.1 Å². The van der Waals surface area contributed by atoms with Crippen molar-refractivity contribution in [2.45, 2.75) is 24.3 Å². The van der Waals surface area contributed by atoms with E-state index >= 15 is 0 Å². The molecule has 0 amide bonds. The predicted octanol–water partition coefficient (Wildman–Crippen LogP) is 4.13. The minimum Gasteiger partial charge on any atom is -0.493 e. The molecular formula is C13H18OS2. The van der Waals surface area contributed by atoms with Crippen LogP contribution in [0.3, 0.4) is 0 Å². The third-order valence-corrected chi connectivity index (χ3v) is 5.81. The molecule has 2 rings (SSSR count). The van der Waals surface area contributed by atoms with E-state index in [1.165, 1.54) is 5.56 Å². The summed E-state index contributed by atoms with van der Waals surface area (Å²) in [5, 5.41) is 0. The molecule has 0 radical (unpaired) electrons. The van der Waals surface area contributed by atoms with Gasteiger partial charge in [0.2, 0.25) is 0 Å². The lowest BCUT2D eigenvalue weighted by atomic mass is 10.1. The highest BCUT2D eigenvalue weighted by atomic mass is 32.2. The Balaban J connectivity index is 2.39. The maximum absolute atomic E-state index is 5.74. The number of hydrogen-bond acceptors (Lipinski definition) is 3. The predicted molar refractivity (Wildman–Crippen MR) is 74.5 cm³/mol. The maximum atomic E-state index is 5.74. The highest BCUT2D eigenvalue weighted by Crippen LogP contribution is 2.53. The second-order valence-corrected chi connectivity index (χ2v) is 7.10. The summed E-state index contributed by atoms with van der Waals surface area (Å²) in [6, 6.07) is 8.49. The fourth-order valence-corrected chi connectivity index (χ4v) is 5.22. The van der Waals surface area contributed by atoms with Gasteiger partial charge in [-0.05, 0) is 17.6 Å². The van der Waals surface area contributed by atoms with Crippen LogP contribution >= 0.6 is 23.5 Å². The first-order chi connectivity index (χ1) is 7.82. The van der Waals surface area contributed by atoms with Crippen LogP contribution in [0.25, 0.3) is 0 Å². The molecule has 1 aromatic rings. The molecule has 1 aliphatic heterocycles. The van der Waals surface area contributed by atoms with Crippen molar-refractivity contribution in [3.05, 3.63) is 29.8 Å². The zero-order valence-corrected chi connectivity index (χ0v) is 11.5. The smallest absolute Gasteiger partial charge is 0.124 e. The molecule has 0 bridgehead atoms. The van der Waals surface area contributed by atoms with Gasteiger partial charge in [0.1, 0.15) is 5.75 Å². The standard InChI is InChI=1S/C13H18OS2/c1-3-15-13(16-4-2)9-10-14-12-8-6-5-7-11(12)13/h5-8H,3-4,9-10H2,1-2H3. The molecule has 3 heteroatoms. The molecule has 0 aliphatic carbocycles. The van der Waals surface area contributed by atoms with E-state index in [0.29, 0.717) is 0 Å². The Bertz CT molecular complexity index is 346. The van der Waals surface area contributed by atoms with E-state index in [4.69, 9.17) is 4.74 Å². The Morgan fingerprint density at radius 1 is 1.19 bits per heavy atom. The topological polar surface area (TPSA) is 9.23 Å². The molecule has 0 spiro atoms. The SMILES string of the molecule is CCSC1(SCC)CCOc2ccccc21. The fraction of sp³-hybridized carbons (Fsp3) is 0.538. The van der Waals surface area contributed by atoms with Gasteiger partial charge in [0.25, 0.3) is 0 Å². The Kier molecular flexibility index (Phi) is 4.09. The van der Waals surface area contributed by atoms with Gasteiger partial charge in [-0.1, -0.05) is 32.0 Å².